The molecule has 0 unspecified atom stereocenters. The van der Waals surface area contributed by atoms with Gasteiger partial charge in [0.25, 0.3) is 5.91 Å². The van der Waals surface area contributed by atoms with E-state index in [1.54, 1.807) is 18.2 Å². The van der Waals surface area contributed by atoms with Gasteiger partial charge in [0.05, 0.1) is 16.3 Å². The zero-order valence-corrected chi connectivity index (χ0v) is 11.7. The van der Waals surface area contributed by atoms with Crippen molar-refractivity contribution < 1.29 is 4.79 Å². The first kappa shape index (κ1) is 13.1. The zero-order valence-electron chi connectivity index (χ0n) is 11.0. The predicted molar refractivity (Wildman–Crippen MR) is 73.8 cm³/mol. The van der Waals surface area contributed by atoms with Crippen LogP contribution in [0, 0.1) is 5.92 Å². The van der Waals surface area contributed by atoms with Crippen LogP contribution in [-0.4, -0.2) is 32.2 Å². The van der Waals surface area contributed by atoms with Crippen LogP contribution in [0.2, 0.25) is 5.02 Å². The first-order valence-corrected chi connectivity index (χ1v) is 6.90. The number of benzene rings is 1. The van der Waals surface area contributed by atoms with E-state index in [1.165, 1.54) is 11.0 Å². The van der Waals surface area contributed by atoms with E-state index >= 15 is 0 Å². The largest absolute Gasteiger partial charge is 0.349 e. The van der Waals surface area contributed by atoms with Crippen LogP contribution in [0.25, 0.3) is 5.69 Å². The lowest BCUT2D eigenvalue weighted by Gasteiger charge is -2.07. The third-order valence-electron chi connectivity index (χ3n) is 3.57. The van der Waals surface area contributed by atoms with E-state index in [1.807, 2.05) is 0 Å². The lowest BCUT2D eigenvalue weighted by molar-refractivity contribution is 0.0949. The van der Waals surface area contributed by atoms with Crippen LogP contribution in [0.15, 0.2) is 24.5 Å². The molecular formula is C13H14ClN5O. The topological polar surface area (TPSA) is 72.7 Å². The van der Waals surface area contributed by atoms with E-state index < -0.39 is 0 Å². The Labute approximate surface area is 121 Å². The van der Waals surface area contributed by atoms with Crippen molar-refractivity contribution in [3.63, 3.8) is 0 Å². The molecule has 1 aromatic heterocycles. The number of amides is 1. The van der Waals surface area contributed by atoms with Gasteiger partial charge in [-0.05, 0) is 41.0 Å². The molecule has 7 heteroatoms. The van der Waals surface area contributed by atoms with E-state index in [0.717, 1.165) is 18.5 Å². The average molecular weight is 292 g/mol. The maximum Gasteiger partial charge on any atom is 0.253 e. The summed E-state index contributed by atoms with van der Waals surface area (Å²) >= 11 is 6.17. The van der Waals surface area contributed by atoms with Gasteiger partial charge in [-0.3, -0.25) is 4.79 Å². The fourth-order valence-electron chi connectivity index (χ4n) is 2.23. The third kappa shape index (κ3) is 2.51. The summed E-state index contributed by atoms with van der Waals surface area (Å²) in [5, 5.41) is 14.3. The molecule has 1 saturated carbocycles. The normalized spacial score (nSPS) is 20.7. The van der Waals surface area contributed by atoms with Gasteiger partial charge in [0.1, 0.15) is 6.33 Å². The number of nitrogens with one attached hydrogen (secondary N) is 1. The van der Waals surface area contributed by atoms with E-state index in [-0.39, 0.29) is 5.91 Å². The number of carbonyl (C=O) groups is 1. The van der Waals surface area contributed by atoms with Crippen molar-refractivity contribution in [2.45, 2.75) is 25.8 Å². The van der Waals surface area contributed by atoms with E-state index in [9.17, 15) is 4.79 Å². The fourth-order valence-corrected chi connectivity index (χ4v) is 2.49. The Kier molecular flexibility index (Phi) is 3.40. The van der Waals surface area contributed by atoms with Crippen LogP contribution in [0.5, 0.6) is 0 Å². The number of hydrogen-bond acceptors (Lipinski definition) is 4. The Bertz CT molecular complexity index is 628. The molecule has 1 heterocycles. The molecule has 3 rings (SSSR count). The van der Waals surface area contributed by atoms with Gasteiger partial charge in [0, 0.05) is 6.04 Å². The summed E-state index contributed by atoms with van der Waals surface area (Å²) in [6, 6.07) is 5.43. The number of hydrogen-bond donors (Lipinski definition) is 1. The second-order valence-corrected chi connectivity index (χ2v) is 5.31. The van der Waals surface area contributed by atoms with Crippen molar-refractivity contribution in [3.05, 3.63) is 35.1 Å². The summed E-state index contributed by atoms with van der Waals surface area (Å²) in [5.74, 6) is 0.484. The number of rotatable bonds is 4. The first-order chi connectivity index (χ1) is 9.69. The van der Waals surface area contributed by atoms with Crippen LogP contribution in [0.3, 0.4) is 0 Å². The average Bonchev–Trinajstić information content (AvgIpc) is 2.97. The van der Waals surface area contributed by atoms with Gasteiger partial charge in [-0.1, -0.05) is 24.9 Å². The van der Waals surface area contributed by atoms with Crippen molar-refractivity contribution in [1.82, 2.24) is 25.5 Å². The van der Waals surface area contributed by atoms with E-state index in [4.69, 9.17) is 11.6 Å². The Morgan fingerprint density at radius 3 is 3.00 bits per heavy atom. The molecule has 20 heavy (non-hydrogen) atoms. The molecule has 0 bridgehead atoms. The molecule has 1 aromatic carbocycles. The van der Waals surface area contributed by atoms with Crippen molar-refractivity contribution in [3.8, 4) is 5.69 Å². The SMILES string of the molecule is CC[C@@H]1C[C@H]1NC(=O)c1ccc(-n2cnnn2)cc1Cl. The van der Waals surface area contributed by atoms with Gasteiger partial charge < -0.3 is 5.32 Å². The zero-order chi connectivity index (χ0) is 14.1. The van der Waals surface area contributed by atoms with E-state index in [0.29, 0.717) is 22.5 Å². The maximum absolute atomic E-state index is 12.1. The molecule has 1 aliphatic rings. The van der Waals surface area contributed by atoms with Gasteiger partial charge in [0.15, 0.2) is 0 Å². The van der Waals surface area contributed by atoms with Gasteiger partial charge in [0.2, 0.25) is 0 Å². The minimum atomic E-state index is -0.126. The second kappa shape index (κ2) is 5.20. The molecule has 0 radical (unpaired) electrons. The summed E-state index contributed by atoms with van der Waals surface area (Å²) in [7, 11) is 0. The minimum absolute atomic E-state index is 0.126. The Morgan fingerprint density at radius 2 is 2.40 bits per heavy atom. The Hall–Kier alpha value is -1.95. The molecule has 2 aromatic rings. The molecular weight excluding hydrogens is 278 g/mol. The van der Waals surface area contributed by atoms with Crippen molar-refractivity contribution >= 4 is 17.5 Å². The number of carbonyl (C=O) groups excluding carboxylic acids is 1. The minimum Gasteiger partial charge on any atom is -0.349 e. The lowest BCUT2D eigenvalue weighted by atomic mass is 10.2. The molecule has 1 aliphatic carbocycles. The molecule has 6 nitrogen and oxygen atoms in total. The quantitative estimate of drug-likeness (QED) is 0.933. The van der Waals surface area contributed by atoms with Crippen LogP contribution >= 0.6 is 11.6 Å². The predicted octanol–water partition coefficient (Wildman–Crippen LogP) is 1.84. The molecule has 0 spiro atoms. The number of nitrogens with zero attached hydrogens (tertiary/aromatic N) is 4. The number of tetrazole rings is 1. The van der Waals surface area contributed by atoms with Crippen molar-refractivity contribution in [2.75, 3.05) is 0 Å². The summed E-state index contributed by atoms with van der Waals surface area (Å²) in [5.41, 5.74) is 1.19. The Balaban J connectivity index is 1.76. The summed E-state index contributed by atoms with van der Waals surface area (Å²) in [6.07, 6.45) is 3.63. The highest BCUT2D eigenvalue weighted by molar-refractivity contribution is 6.34. The third-order valence-corrected chi connectivity index (χ3v) is 3.89. The number of halogens is 1. The molecule has 1 fully saturated rings. The molecule has 104 valence electrons. The standard InChI is InChI=1S/C13H14ClN5O/c1-2-8-5-12(8)16-13(20)10-4-3-9(6-11(10)14)19-7-15-17-18-19/h3-4,6-8,12H,2,5H2,1H3,(H,16,20)/t8-,12-/m1/s1. The van der Waals surface area contributed by atoms with Crippen LogP contribution in [-0.2, 0) is 0 Å². The maximum atomic E-state index is 12.1. The molecule has 0 aliphatic heterocycles. The van der Waals surface area contributed by atoms with E-state index in [2.05, 4.69) is 27.8 Å². The van der Waals surface area contributed by atoms with Gasteiger partial charge in [-0.2, -0.15) is 0 Å². The molecule has 1 N–H and O–H groups in total. The van der Waals surface area contributed by atoms with Crippen molar-refractivity contribution in [2.24, 2.45) is 5.92 Å². The number of aromatic nitrogens is 4. The summed E-state index contributed by atoms with van der Waals surface area (Å²) < 4.78 is 1.49. The Morgan fingerprint density at radius 1 is 1.55 bits per heavy atom. The summed E-state index contributed by atoms with van der Waals surface area (Å²) in [6.45, 7) is 2.13. The van der Waals surface area contributed by atoms with Crippen molar-refractivity contribution in [1.29, 1.82) is 0 Å². The molecule has 0 saturated heterocycles. The van der Waals surface area contributed by atoms with Crippen LogP contribution in [0.1, 0.15) is 30.1 Å². The highest BCUT2D eigenvalue weighted by atomic mass is 35.5. The summed E-state index contributed by atoms with van der Waals surface area (Å²) in [4.78, 5) is 12.1. The highest BCUT2D eigenvalue weighted by Crippen LogP contribution is 2.33. The second-order valence-electron chi connectivity index (χ2n) is 4.90. The van der Waals surface area contributed by atoms with Gasteiger partial charge in [-0.15, -0.1) is 5.10 Å². The van der Waals surface area contributed by atoms with Gasteiger partial charge >= 0.3 is 0 Å². The smallest absolute Gasteiger partial charge is 0.253 e. The first-order valence-electron chi connectivity index (χ1n) is 6.53. The monoisotopic (exact) mass is 291 g/mol. The fraction of sp³-hybridized carbons (Fsp3) is 0.385. The molecule has 1 amide bonds. The van der Waals surface area contributed by atoms with Gasteiger partial charge in [-0.25, -0.2) is 4.68 Å². The van der Waals surface area contributed by atoms with Crippen LogP contribution < -0.4 is 5.32 Å². The highest BCUT2D eigenvalue weighted by Gasteiger charge is 2.36. The molecule has 2 atom stereocenters. The van der Waals surface area contributed by atoms with Crippen LogP contribution in [0.4, 0.5) is 0 Å². The lowest BCUT2D eigenvalue weighted by Crippen LogP contribution is -2.27.